The van der Waals surface area contributed by atoms with Crippen LogP contribution < -0.4 is 4.90 Å². The zero-order valence-corrected chi connectivity index (χ0v) is 32.6. The highest BCUT2D eigenvalue weighted by Gasteiger charge is 2.61. The zero-order valence-electron chi connectivity index (χ0n) is 32.6. The van der Waals surface area contributed by atoms with Gasteiger partial charge < -0.3 is 9.32 Å². The summed E-state index contributed by atoms with van der Waals surface area (Å²) in [6.45, 7) is 4.76. The first kappa shape index (κ1) is 32.2. The largest absolute Gasteiger partial charge is 0.456 e. The van der Waals surface area contributed by atoms with Crippen LogP contribution in [0.15, 0.2) is 156 Å². The first-order valence-corrected chi connectivity index (χ1v) is 21.3. The number of anilines is 3. The Morgan fingerprint density at radius 3 is 1.91 bits per heavy atom. The van der Waals surface area contributed by atoms with Crippen molar-refractivity contribution in [1.29, 1.82) is 0 Å². The fourth-order valence-electron chi connectivity index (χ4n) is 13.3. The first-order chi connectivity index (χ1) is 27.9. The van der Waals surface area contributed by atoms with Gasteiger partial charge in [-0.15, -0.1) is 0 Å². The molecular formula is C55H45NO. The molecule has 1 spiro atoms. The maximum absolute atomic E-state index is 6.54. The Morgan fingerprint density at radius 2 is 1.07 bits per heavy atom. The molecule has 14 rings (SSSR count). The van der Waals surface area contributed by atoms with Crippen LogP contribution in [0.25, 0.3) is 55.3 Å². The SMILES string of the molecule is CC1(C)c2ccccc2-c2ccc(N(c3ccc4c(c3)-c3ccc(-c5ccccc5)cc3C43C4CC5CC(C4)CC3C5)c3ccc4c(c3)oc3ccccc34)cc21. The van der Waals surface area contributed by atoms with E-state index in [0.717, 1.165) is 39.5 Å². The van der Waals surface area contributed by atoms with Gasteiger partial charge in [0.05, 0.1) is 0 Å². The number of furan rings is 1. The normalized spacial score (nSPS) is 24.2. The van der Waals surface area contributed by atoms with Gasteiger partial charge in [0.15, 0.2) is 0 Å². The van der Waals surface area contributed by atoms with Crippen molar-refractivity contribution >= 4 is 39.0 Å². The van der Waals surface area contributed by atoms with Crippen LogP contribution in [0.2, 0.25) is 0 Å². The molecule has 57 heavy (non-hydrogen) atoms. The molecule has 0 amide bonds. The van der Waals surface area contributed by atoms with Crippen LogP contribution in [-0.2, 0) is 10.8 Å². The minimum atomic E-state index is -0.102. The highest BCUT2D eigenvalue weighted by Crippen LogP contribution is 2.70. The molecule has 6 aliphatic rings. The third kappa shape index (κ3) is 4.31. The predicted molar refractivity (Wildman–Crippen MR) is 235 cm³/mol. The summed E-state index contributed by atoms with van der Waals surface area (Å²) in [5, 5.41) is 2.31. The second-order valence-electron chi connectivity index (χ2n) is 18.5. The van der Waals surface area contributed by atoms with Crippen LogP contribution >= 0.6 is 0 Å². The van der Waals surface area contributed by atoms with Crippen molar-refractivity contribution in [2.24, 2.45) is 23.7 Å². The smallest absolute Gasteiger partial charge is 0.137 e. The molecule has 7 aromatic carbocycles. The molecular weight excluding hydrogens is 691 g/mol. The number of fused-ring (bicyclic) bond motifs is 9. The molecule has 2 nitrogen and oxygen atoms in total. The van der Waals surface area contributed by atoms with Gasteiger partial charge in [0.25, 0.3) is 0 Å². The van der Waals surface area contributed by atoms with Crippen LogP contribution in [0.4, 0.5) is 17.1 Å². The summed E-state index contributed by atoms with van der Waals surface area (Å²) in [6.07, 6.45) is 6.96. The summed E-state index contributed by atoms with van der Waals surface area (Å²) >= 11 is 0. The van der Waals surface area contributed by atoms with Gasteiger partial charge in [-0.25, -0.2) is 0 Å². The van der Waals surface area contributed by atoms with Gasteiger partial charge in [-0.1, -0.05) is 111 Å². The van der Waals surface area contributed by atoms with Crippen molar-refractivity contribution in [2.75, 3.05) is 4.90 Å². The third-order valence-corrected chi connectivity index (χ3v) is 15.4. The number of hydrogen-bond acceptors (Lipinski definition) is 2. The molecule has 0 N–H and O–H groups in total. The van der Waals surface area contributed by atoms with Crippen molar-refractivity contribution in [2.45, 2.75) is 56.8 Å². The van der Waals surface area contributed by atoms with Crippen molar-refractivity contribution in [3.05, 3.63) is 174 Å². The molecule has 1 heterocycles. The summed E-state index contributed by atoms with van der Waals surface area (Å²) in [4.78, 5) is 2.49. The molecule has 0 unspecified atom stereocenters. The molecule has 276 valence electrons. The van der Waals surface area contributed by atoms with E-state index in [9.17, 15) is 0 Å². The predicted octanol–water partition coefficient (Wildman–Crippen LogP) is 14.8. The summed E-state index contributed by atoms with van der Waals surface area (Å²) in [5.41, 5.74) is 19.5. The lowest BCUT2D eigenvalue weighted by Gasteiger charge is -2.61. The Morgan fingerprint density at radius 1 is 0.439 bits per heavy atom. The zero-order chi connectivity index (χ0) is 37.6. The Bertz CT molecular complexity index is 2940. The number of rotatable bonds is 4. The maximum Gasteiger partial charge on any atom is 0.137 e. The lowest BCUT2D eigenvalue weighted by Crippen LogP contribution is -2.55. The Labute approximate surface area is 334 Å². The van der Waals surface area contributed by atoms with Gasteiger partial charge in [-0.3, -0.25) is 0 Å². The molecule has 4 saturated carbocycles. The van der Waals surface area contributed by atoms with Gasteiger partial charge in [0.2, 0.25) is 0 Å². The van der Waals surface area contributed by atoms with E-state index >= 15 is 0 Å². The molecule has 8 aromatic rings. The van der Waals surface area contributed by atoms with Crippen molar-refractivity contribution in [3.63, 3.8) is 0 Å². The Hall–Kier alpha value is -5.86. The summed E-state index contributed by atoms with van der Waals surface area (Å²) in [5.74, 6) is 3.22. The monoisotopic (exact) mass is 735 g/mol. The average molecular weight is 736 g/mol. The van der Waals surface area contributed by atoms with Gasteiger partial charge in [0.1, 0.15) is 11.2 Å². The molecule has 4 fully saturated rings. The second-order valence-corrected chi connectivity index (χ2v) is 18.5. The van der Waals surface area contributed by atoms with E-state index in [1.54, 1.807) is 11.1 Å². The molecule has 0 saturated heterocycles. The minimum Gasteiger partial charge on any atom is -0.456 e. The van der Waals surface area contributed by atoms with Gasteiger partial charge in [0, 0.05) is 44.7 Å². The first-order valence-electron chi connectivity index (χ1n) is 21.3. The lowest BCUT2D eigenvalue weighted by molar-refractivity contribution is -0.0399. The van der Waals surface area contributed by atoms with Crippen LogP contribution in [0.5, 0.6) is 0 Å². The van der Waals surface area contributed by atoms with Crippen molar-refractivity contribution in [1.82, 2.24) is 0 Å². The summed E-state index contributed by atoms with van der Waals surface area (Å²) < 4.78 is 6.54. The Kier molecular flexibility index (Phi) is 6.44. The quantitative estimate of drug-likeness (QED) is 0.179. The fraction of sp³-hybridized carbons (Fsp3) is 0.236. The second kappa shape index (κ2) is 11.4. The van der Waals surface area contributed by atoms with Gasteiger partial charge in [-0.05, 0) is 160 Å². The highest BCUT2D eigenvalue weighted by atomic mass is 16.3. The topological polar surface area (TPSA) is 16.4 Å². The van der Waals surface area contributed by atoms with E-state index in [-0.39, 0.29) is 10.8 Å². The number of benzene rings is 7. The molecule has 0 radical (unpaired) electrons. The van der Waals surface area contributed by atoms with E-state index in [2.05, 4.69) is 170 Å². The molecule has 4 bridgehead atoms. The van der Waals surface area contributed by atoms with E-state index < -0.39 is 0 Å². The standard InChI is InChI=1S/C55H45NO/c1-54(2)48-14-8-6-12-42(48)43-21-17-40(31-50(43)54)56(41-18-22-46-45-13-7-9-15-52(45)57-53(46)32-41)39-19-23-49-47(30-39)44-20-16-36(35-10-4-3-5-11-35)29-51(44)55(49)37-25-33-24-34(27-37)28-38(55)26-33/h3-23,29-34,37-38H,24-28H2,1-2H3. The highest BCUT2D eigenvalue weighted by molar-refractivity contribution is 6.06. The summed E-state index contributed by atoms with van der Waals surface area (Å²) in [7, 11) is 0. The van der Waals surface area contributed by atoms with Gasteiger partial charge >= 0.3 is 0 Å². The maximum atomic E-state index is 6.54. The van der Waals surface area contributed by atoms with E-state index in [1.807, 2.05) is 0 Å². The molecule has 0 atom stereocenters. The number of para-hydroxylation sites is 1. The average Bonchev–Trinajstić information content (AvgIpc) is 3.83. The number of hydrogen-bond donors (Lipinski definition) is 0. The fourth-order valence-corrected chi connectivity index (χ4v) is 13.3. The van der Waals surface area contributed by atoms with E-state index in [4.69, 9.17) is 4.42 Å². The molecule has 6 aliphatic carbocycles. The third-order valence-electron chi connectivity index (χ3n) is 15.4. The minimum absolute atomic E-state index is 0.0861. The van der Waals surface area contributed by atoms with Crippen molar-refractivity contribution < 1.29 is 4.42 Å². The van der Waals surface area contributed by atoms with E-state index in [0.29, 0.717) is 11.8 Å². The van der Waals surface area contributed by atoms with Crippen molar-refractivity contribution in [3.8, 4) is 33.4 Å². The van der Waals surface area contributed by atoms with Crippen LogP contribution in [0.3, 0.4) is 0 Å². The summed E-state index contributed by atoms with van der Waals surface area (Å²) in [6, 6.07) is 57.4. The van der Waals surface area contributed by atoms with E-state index in [1.165, 1.54) is 88.0 Å². The van der Waals surface area contributed by atoms with Crippen LogP contribution in [0.1, 0.15) is 68.2 Å². The Balaban J connectivity index is 1.03. The van der Waals surface area contributed by atoms with Gasteiger partial charge in [-0.2, -0.15) is 0 Å². The molecule has 0 aliphatic heterocycles. The molecule has 1 aromatic heterocycles. The van der Waals surface area contributed by atoms with Crippen LogP contribution in [-0.4, -0.2) is 0 Å². The van der Waals surface area contributed by atoms with Crippen LogP contribution in [0, 0.1) is 23.7 Å². The number of nitrogens with zero attached hydrogens (tertiary/aromatic N) is 1. The lowest BCUT2D eigenvalue weighted by atomic mass is 9.43. The molecule has 2 heteroatoms.